The van der Waals surface area contributed by atoms with Crippen molar-refractivity contribution in [2.24, 2.45) is 0 Å². The van der Waals surface area contributed by atoms with Gasteiger partial charge in [-0.15, -0.1) is 0 Å². The van der Waals surface area contributed by atoms with Gasteiger partial charge in [0.2, 0.25) is 0 Å². The molecule has 0 N–H and O–H groups in total. The second kappa shape index (κ2) is 7.27. The van der Waals surface area contributed by atoms with E-state index in [-0.39, 0.29) is 17.6 Å². The molecule has 0 radical (unpaired) electrons. The van der Waals surface area contributed by atoms with Crippen LogP contribution in [-0.2, 0) is 22.7 Å². The topological polar surface area (TPSA) is 95.6 Å². The molecule has 4 rings (SSSR count). The zero-order valence-electron chi connectivity index (χ0n) is 15.3. The lowest BCUT2D eigenvalue weighted by molar-refractivity contribution is -0.145. The Balaban J connectivity index is 1.51. The number of carbonyl (C=O) groups is 1. The summed E-state index contributed by atoms with van der Waals surface area (Å²) in [5.41, 5.74) is 1.13. The predicted molar refractivity (Wildman–Crippen MR) is 102 cm³/mol. The average Bonchev–Trinajstić information content (AvgIpc) is 2.69. The van der Waals surface area contributed by atoms with Crippen LogP contribution in [0.3, 0.4) is 0 Å². The van der Waals surface area contributed by atoms with Gasteiger partial charge >= 0.3 is 5.97 Å². The van der Waals surface area contributed by atoms with Crippen LogP contribution >= 0.6 is 0 Å². The van der Waals surface area contributed by atoms with Gasteiger partial charge in [-0.2, -0.15) is 0 Å². The molecule has 4 aromatic rings. The van der Waals surface area contributed by atoms with Crippen LogP contribution in [0.25, 0.3) is 16.6 Å². The molecule has 0 aliphatic carbocycles. The minimum absolute atomic E-state index is 0.0693. The lowest BCUT2D eigenvalue weighted by atomic mass is 10.2. The number of ether oxygens (including phenoxy) is 1. The maximum absolute atomic E-state index is 13.4. The summed E-state index contributed by atoms with van der Waals surface area (Å²) in [6, 6.07) is 8.46. The van der Waals surface area contributed by atoms with Crippen molar-refractivity contribution in [3.8, 4) is 0 Å². The molecular weight excluding hydrogens is 379 g/mol. The molecule has 29 heavy (non-hydrogen) atoms. The van der Waals surface area contributed by atoms with Gasteiger partial charge in [-0.25, -0.2) is 14.4 Å². The van der Waals surface area contributed by atoms with Crippen LogP contribution < -0.4 is 11.1 Å². The Morgan fingerprint density at radius 2 is 2.00 bits per heavy atom. The molecule has 0 atom stereocenters. The van der Waals surface area contributed by atoms with Gasteiger partial charge in [-0.3, -0.25) is 23.4 Å². The minimum atomic E-state index is -0.712. The molecule has 0 unspecified atom stereocenters. The molecule has 146 valence electrons. The molecular formula is C20H15FN4O4. The highest BCUT2D eigenvalue weighted by atomic mass is 19.1. The number of benzene rings is 1. The van der Waals surface area contributed by atoms with Gasteiger partial charge in [0.15, 0.2) is 0 Å². The zero-order chi connectivity index (χ0) is 20.5. The van der Waals surface area contributed by atoms with Crippen molar-refractivity contribution in [3.63, 3.8) is 0 Å². The Morgan fingerprint density at radius 3 is 2.83 bits per heavy atom. The number of fused-ring (bicyclic) bond motifs is 2. The predicted octanol–water partition coefficient (Wildman–Crippen LogP) is 1.60. The van der Waals surface area contributed by atoms with Crippen molar-refractivity contribution in [1.29, 1.82) is 0 Å². The Hall–Kier alpha value is -3.88. The summed E-state index contributed by atoms with van der Waals surface area (Å²) < 4.78 is 21.0. The molecule has 0 saturated heterocycles. The first-order valence-electron chi connectivity index (χ1n) is 8.70. The first-order valence-corrected chi connectivity index (χ1v) is 8.70. The number of aryl methyl sites for hydroxylation is 1. The maximum atomic E-state index is 13.4. The third kappa shape index (κ3) is 3.75. The quantitative estimate of drug-likeness (QED) is 0.488. The zero-order valence-corrected chi connectivity index (χ0v) is 15.3. The van der Waals surface area contributed by atoms with Crippen LogP contribution in [0.4, 0.5) is 4.39 Å². The molecule has 9 heteroatoms. The van der Waals surface area contributed by atoms with Gasteiger partial charge < -0.3 is 4.74 Å². The molecule has 0 bridgehead atoms. The Bertz CT molecular complexity index is 1380. The molecule has 3 aromatic heterocycles. The van der Waals surface area contributed by atoms with E-state index in [2.05, 4.69) is 9.97 Å². The van der Waals surface area contributed by atoms with E-state index < -0.39 is 23.9 Å². The van der Waals surface area contributed by atoms with Crippen LogP contribution in [0.1, 0.15) is 11.3 Å². The first-order chi connectivity index (χ1) is 13.9. The summed E-state index contributed by atoms with van der Waals surface area (Å²) in [6.07, 6.45) is 2.87. The molecule has 1 aromatic carbocycles. The monoisotopic (exact) mass is 394 g/mol. The highest BCUT2D eigenvalue weighted by molar-refractivity contribution is 5.77. The van der Waals surface area contributed by atoms with E-state index >= 15 is 0 Å². The van der Waals surface area contributed by atoms with Crippen molar-refractivity contribution < 1.29 is 13.9 Å². The van der Waals surface area contributed by atoms with Gasteiger partial charge in [0, 0.05) is 12.3 Å². The van der Waals surface area contributed by atoms with E-state index in [4.69, 9.17) is 4.74 Å². The highest BCUT2D eigenvalue weighted by Crippen LogP contribution is 2.09. The molecule has 8 nitrogen and oxygen atoms in total. The molecule has 0 spiro atoms. The van der Waals surface area contributed by atoms with E-state index in [1.165, 1.54) is 28.9 Å². The standard InChI is InChI=1S/C20H15FN4O4/c1-12-2-5-17-23-14(7-18(26)25(17)8-12)10-29-19(27)9-24-11-22-16-4-3-13(21)6-15(16)20(24)28/h2-8,11H,9-10H2,1H3. The number of hydrogen-bond donors (Lipinski definition) is 0. The van der Waals surface area contributed by atoms with E-state index in [0.29, 0.717) is 16.9 Å². The first kappa shape index (κ1) is 18.5. The summed E-state index contributed by atoms with van der Waals surface area (Å²) in [7, 11) is 0. The third-order valence-electron chi connectivity index (χ3n) is 4.33. The molecule has 0 fully saturated rings. The van der Waals surface area contributed by atoms with Crippen LogP contribution in [-0.4, -0.2) is 24.9 Å². The number of esters is 1. The second-order valence-electron chi connectivity index (χ2n) is 6.52. The van der Waals surface area contributed by atoms with E-state index in [0.717, 1.165) is 16.2 Å². The molecule has 3 heterocycles. The fraction of sp³-hybridized carbons (Fsp3) is 0.150. The van der Waals surface area contributed by atoms with Crippen molar-refractivity contribution in [2.45, 2.75) is 20.1 Å². The summed E-state index contributed by atoms with van der Waals surface area (Å²) in [5.74, 6) is -1.28. The number of halogens is 1. The fourth-order valence-corrected chi connectivity index (χ4v) is 2.92. The van der Waals surface area contributed by atoms with Crippen LogP contribution in [0.5, 0.6) is 0 Å². The molecule has 0 saturated carbocycles. The number of hydrogen-bond acceptors (Lipinski definition) is 6. The van der Waals surface area contributed by atoms with E-state index in [1.807, 2.05) is 13.0 Å². The highest BCUT2D eigenvalue weighted by Gasteiger charge is 2.11. The Morgan fingerprint density at radius 1 is 1.17 bits per heavy atom. The largest absolute Gasteiger partial charge is 0.458 e. The summed E-state index contributed by atoms with van der Waals surface area (Å²) in [5, 5.41) is 0.0693. The molecule has 0 aliphatic heterocycles. The Kier molecular flexibility index (Phi) is 4.63. The smallest absolute Gasteiger partial charge is 0.326 e. The van der Waals surface area contributed by atoms with Gasteiger partial charge in [0.1, 0.15) is 24.6 Å². The van der Waals surface area contributed by atoms with Gasteiger partial charge in [0.25, 0.3) is 11.1 Å². The SMILES string of the molecule is Cc1ccc2nc(COC(=O)Cn3cnc4ccc(F)cc4c3=O)cc(=O)n2c1. The summed E-state index contributed by atoms with van der Waals surface area (Å²) in [4.78, 5) is 45.0. The van der Waals surface area contributed by atoms with Crippen molar-refractivity contribution >= 4 is 22.5 Å². The van der Waals surface area contributed by atoms with E-state index in [1.54, 1.807) is 12.3 Å². The number of pyridine rings is 1. The van der Waals surface area contributed by atoms with Gasteiger partial charge in [-0.1, -0.05) is 6.07 Å². The van der Waals surface area contributed by atoms with E-state index in [9.17, 15) is 18.8 Å². The average molecular weight is 394 g/mol. The number of rotatable bonds is 4. The van der Waals surface area contributed by atoms with Gasteiger partial charge in [0.05, 0.1) is 22.9 Å². The van der Waals surface area contributed by atoms with Crippen molar-refractivity contribution in [2.75, 3.05) is 0 Å². The van der Waals surface area contributed by atoms with Crippen molar-refractivity contribution in [1.82, 2.24) is 18.9 Å². The van der Waals surface area contributed by atoms with Crippen molar-refractivity contribution in [3.05, 3.63) is 86.7 Å². The van der Waals surface area contributed by atoms with Crippen LogP contribution in [0.2, 0.25) is 0 Å². The fourth-order valence-electron chi connectivity index (χ4n) is 2.92. The third-order valence-corrected chi connectivity index (χ3v) is 4.33. The van der Waals surface area contributed by atoms with Crippen LogP contribution in [0, 0.1) is 12.7 Å². The summed E-state index contributed by atoms with van der Waals surface area (Å²) >= 11 is 0. The second-order valence-corrected chi connectivity index (χ2v) is 6.52. The minimum Gasteiger partial charge on any atom is -0.458 e. The summed E-state index contributed by atoms with van der Waals surface area (Å²) in [6.45, 7) is 1.24. The lowest BCUT2D eigenvalue weighted by Gasteiger charge is -2.08. The van der Waals surface area contributed by atoms with Gasteiger partial charge in [-0.05, 0) is 36.8 Å². The number of aromatic nitrogens is 4. The molecule has 0 aliphatic rings. The molecule has 0 amide bonds. The lowest BCUT2D eigenvalue weighted by Crippen LogP contribution is -2.26. The van der Waals surface area contributed by atoms with Crippen LogP contribution in [0.15, 0.2) is 58.5 Å². The number of nitrogens with zero attached hydrogens (tertiary/aromatic N) is 4. The number of carbonyl (C=O) groups excluding carboxylic acids is 1. The maximum Gasteiger partial charge on any atom is 0.326 e. The normalized spacial score (nSPS) is 11.1. The Labute approximate surface area is 162 Å².